The van der Waals surface area contributed by atoms with Crippen LogP contribution in [0.25, 0.3) is 0 Å². The summed E-state index contributed by atoms with van der Waals surface area (Å²) in [5.41, 5.74) is 1.46. The van der Waals surface area contributed by atoms with Crippen LogP contribution in [0.3, 0.4) is 0 Å². The van der Waals surface area contributed by atoms with Crippen LogP contribution in [-0.2, 0) is 6.42 Å². The van der Waals surface area contributed by atoms with Crippen molar-refractivity contribution in [2.75, 3.05) is 13.1 Å². The van der Waals surface area contributed by atoms with E-state index in [1.807, 2.05) is 11.3 Å². The molecule has 1 saturated heterocycles. The van der Waals surface area contributed by atoms with Crippen LogP contribution >= 0.6 is 27.3 Å². The van der Waals surface area contributed by atoms with Gasteiger partial charge in [0.2, 0.25) is 0 Å². The Hall–Kier alpha value is -0.640. The lowest BCUT2D eigenvalue weighted by Crippen LogP contribution is -2.36. The molecule has 1 fully saturated rings. The van der Waals surface area contributed by atoms with Gasteiger partial charge in [0.05, 0.1) is 0 Å². The van der Waals surface area contributed by atoms with Crippen molar-refractivity contribution >= 4 is 27.3 Å². The molecule has 1 aromatic heterocycles. The fourth-order valence-corrected chi connectivity index (χ4v) is 4.88. The summed E-state index contributed by atoms with van der Waals surface area (Å²) in [5.74, 6) is 1.41. The monoisotopic (exact) mass is 349 g/mol. The maximum Gasteiger partial charge on any atom is 0.0314 e. The lowest BCUT2D eigenvalue weighted by molar-refractivity contribution is 0.327. The third kappa shape index (κ3) is 3.16. The molecule has 20 heavy (non-hydrogen) atoms. The lowest BCUT2D eigenvalue weighted by atomic mass is 9.81. The normalized spacial score (nSPS) is 22.9. The van der Waals surface area contributed by atoms with Crippen LogP contribution < -0.4 is 5.32 Å². The van der Waals surface area contributed by atoms with Crippen molar-refractivity contribution in [1.82, 2.24) is 5.32 Å². The molecule has 3 rings (SSSR count). The number of hydrogen-bond acceptors (Lipinski definition) is 2. The van der Waals surface area contributed by atoms with Gasteiger partial charge in [-0.1, -0.05) is 30.3 Å². The highest BCUT2D eigenvalue weighted by Crippen LogP contribution is 2.39. The second-order valence-electron chi connectivity index (χ2n) is 5.60. The molecule has 0 spiro atoms. The summed E-state index contributed by atoms with van der Waals surface area (Å²) < 4.78 is 1.27. The Bertz CT molecular complexity index is 544. The minimum Gasteiger partial charge on any atom is -0.316 e. The highest BCUT2D eigenvalue weighted by molar-refractivity contribution is 9.10. The second-order valence-corrected chi connectivity index (χ2v) is 7.74. The highest BCUT2D eigenvalue weighted by atomic mass is 79.9. The van der Waals surface area contributed by atoms with E-state index in [0.717, 1.165) is 13.1 Å². The molecular weight excluding hydrogens is 330 g/mol. The van der Waals surface area contributed by atoms with E-state index in [9.17, 15) is 0 Å². The summed E-state index contributed by atoms with van der Waals surface area (Å²) in [7, 11) is 0. The van der Waals surface area contributed by atoms with E-state index in [0.29, 0.717) is 11.8 Å². The fourth-order valence-electron chi connectivity index (χ4n) is 3.09. The van der Waals surface area contributed by atoms with Crippen molar-refractivity contribution in [1.29, 1.82) is 0 Å². The molecule has 1 nitrogen and oxygen atoms in total. The average molecular weight is 350 g/mol. The summed E-state index contributed by atoms with van der Waals surface area (Å²) in [4.78, 5) is 2.95. The minimum atomic E-state index is 0.700. The smallest absolute Gasteiger partial charge is 0.0314 e. The van der Waals surface area contributed by atoms with Crippen molar-refractivity contribution in [3.63, 3.8) is 0 Å². The molecule has 1 aliphatic heterocycles. The Morgan fingerprint density at radius 3 is 2.80 bits per heavy atom. The Balaban J connectivity index is 1.80. The first-order chi connectivity index (χ1) is 9.74. The zero-order chi connectivity index (χ0) is 13.9. The predicted molar refractivity (Wildman–Crippen MR) is 90.6 cm³/mol. The summed E-state index contributed by atoms with van der Waals surface area (Å²) >= 11 is 5.62. The minimum absolute atomic E-state index is 0.700. The fraction of sp³-hybridized carbons (Fsp3) is 0.412. The first kappa shape index (κ1) is 14.3. The Kier molecular flexibility index (Phi) is 4.59. The number of benzene rings is 1. The number of piperidine rings is 1. The number of nitrogens with one attached hydrogen (secondary N) is 1. The van der Waals surface area contributed by atoms with Gasteiger partial charge in [-0.15, -0.1) is 11.3 Å². The van der Waals surface area contributed by atoms with E-state index in [2.05, 4.69) is 64.6 Å². The van der Waals surface area contributed by atoms with Crippen LogP contribution in [-0.4, -0.2) is 13.1 Å². The third-order valence-electron chi connectivity index (χ3n) is 4.19. The topological polar surface area (TPSA) is 12.0 Å². The van der Waals surface area contributed by atoms with Crippen LogP contribution in [0.1, 0.15) is 27.7 Å². The first-order valence-electron chi connectivity index (χ1n) is 7.24. The zero-order valence-corrected chi connectivity index (χ0v) is 14.1. The number of thiophene rings is 1. The second kappa shape index (κ2) is 6.42. The molecule has 2 aromatic rings. The van der Waals surface area contributed by atoms with E-state index in [4.69, 9.17) is 0 Å². The zero-order valence-electron chi connectivity index (χ0n) is 11.7. The van der Waals surface area contributed by atoms with Gasteiger partial charge in [0, 0.05) is 14.2 Å². The maximum atomic E-state index is 3.66. The van der Waals surface area contributed by atoms with Crippen molar-refractivity contribution in [2.24, 2.45) is 5.92 Å². The van der Waals surface area contributed by atoms with E-state index in [1.54, 1.807) is 4.88 Å². The molecule has 1 N–H and O–H groups in total. The van der Waals surface area contributed by atoms with Gasteiger partial charge in [-0.25, -0.2) is 0 Å². The highest BCUT2D eigenvalue weighted by Gasteiger charge is 2.28. The van der Waals surface area contributed by atoms with Crippen LogP contribution in [0.2, 0.25) is 0 Å². The van der Waals surface area contributed by atoms with Crippen molar-refractivity contribution in [2.45, 2.75) is 25.7 Å². The predicted octanol–water partition coefficient (Wildman–Crippen LogP) is 4.75. The molecule has 1 aromatic carbocycles. The molecule has 2 unspecified atom stereocenters. The van der Waals surface area contributed by atoms with Crippen LogP contribution in [0.15, 0.2) is 40.9 Å². The Morgan fingerprint density at radius 1 is 1.30 bits per heavy atom. The first-order valence-corrected chi connectivity index (χ1v) is 8.85. The van der Waals surface area contributed by atoms with Gasteiger partial charge in [-0.05, 0) is 72.3 Å². The van der Waals surface area contributed by atoms with Crippen molar-refractivity contribution in [3.05, 3.63) is 56.2 Å². The van der Waals surface area contributed by atoms with Gasteiger partial charge in [0.25, 0.3) is 0 Å². The molecular formula is C17H20BrNS. The molecule has 3 heteroatoms. The van der Waals surface area contributed by atoms with Gasteiger partial charge in [-0.2, -0.15) is 0 Å². The maximum absolute atomic E-state index is 3.66. The number of aryl methyl sites for hydroxylation is 1. The molecule has 0 saturated carbocycles. The van der Waals surface area contributed by atoms with Gasteiger partial charge >= 0.3 is 0 Å². The Labute approximate surface area is 133 Å². The molecule has 0 aliphatic carbocycles. The molecule has 2 atom stereocenters. The van der Waals surface area contributed by atoms with Gasteiger partial charge in [0.1, 0.15) is 0 Å². The summed E-state index contributed by atoms with van der Waals surface area (Å²) in [6.45, 7) is 4.48. The van der Waals surface area contributed by atoms with Crippen LogP contribution in [0.5, 0.6) is 0 Å². The molecule has 0 amide bonds. The quantitative estimate of drug-likeness (QED) is 0.842. The SMILES string of the molecule is Cc1sc(C2CCNCC2Cc2ccccc2)cc1Br. The summed E-state index contributed by atoms with van der Waals surface area (Å²) in [6.07, 6.45) is 2.43. The number of halogens is 1. The van der Waals surface area contributed by atoms with Crippen LogP contribution in [0.4, 0.5) is 0 Å². The largest absolute Gasteiger partial charge is 0.316 e. The molecule has 0 radical (unpaired) electrons. The van der Waals surface area contributed by atoms with Crippen molar-refractivity contribution in [3.8, 4) is 0 Å². The summed E-state index contributed by atoms with van der Waals surface area (Å²) in [5, 5.41) is 3.57. The molecule has 0 bridgehead atoms. The van der Waals surface area contributed by atoms with Gasteiger partial charge < -0.3 is 5.32 Å². The summed E-state index contributed by atoms with van der Waals surface area (Å²) in [6, 6.07) is 13.2. The third-order valence-corrected chi connectivity index (χ3v) is 6.46. The van der Waals surface area contributed by atoms with Crippen LogP contribution in [0, 0.1) is 12.8 Å². The van der Waals surface area contributed by atoms with E-state index in [1.165, 1.54) is 27.8 Å². The molecule has 106 valence electrons. The van der Waals surface area contributed by atoms with Gasteiger partial charge in [-0.3, -0.25) is 0 Å². The number of rotatable bonds is 3. The van der Waals surface area contributed by atoms with E-state index < -0.39 is 0 Å². The lowest BCUT2D eigenvalue weighted by Gasteiger charge is -2.31. The van der Waals surface area contributed by atoms with Gasteiger partial charge in [0.15, 0.2) is 0 Å². The van der Waals surface area contributed by atoms with E-state index in [-0.39, 0.29) is 0 Å². The standard InChI is InChI=1S/C17H20BrNS/c1-12-16(18)10-17(20-12)15-7-8-19-11-14(15)9-13-5-3-2-4-6-13/h2-6,10,14-15,19H,7-9,11H2,1H3. The number of hydrogen-bond donors (Lipinski definition) is 1. The van der Waals surface area contributed by atoms with Crippen molar-refractivity contribution < 1.29 is 0 Å². The molecule has 2 heterocycles. The average Bonchev–Trinajstić information content (AvgIpc) is 2.80. The molecule has 1 aliphatic rings. The Morgan fingerprint density at radius 2 is 2.10 bits per heavy atom. The van der Waals surface area contributed by atoms with E-state index >= 15 is 0 Å².